The van der Waals surface area contributed by atoms with Crippen LogP contribution in [0, 0.1) is 11.6 Å². The summed E-state index contributed by atoms with van der Waals surface area (Å²) in [7, 11) is 0. The van der Waals surface area contributed by atoms with E-state index in [1.165, 1.54) is 23.9 Å². The van der Waals surface area contributed by atoms with Gasteiger partial charge in [-0.2, -0.15) is 0 Å². The predicted molar refractivity (Wildman–Crippen MR) is 47.5 cm³/mol. The molecule has 1 rings (SSSR count). The van der Waals surface area contributed by atoms with Crippen LogP contribution in [0.2, 0.25) is 0 Å². The molecule has 3 heteroatoms. The second-order valence-corrected chi connectivity index (χ2v) is 3.24. The zero-order chi connectivity index (χ0) is 9.14. The Balaban J connectivity index is 3.24. The Morgan fingerprint density at radius 2 is 2.00 bits per heavy atom. The van der Waals surface area contributed by atoms with E-state index in [-0.39, 0.29) is 5.56 Å². The molecule has 0 spiro atoms. The van der Waals surface area contributed by atoms with E-state index in [1.807, 2.05) is 0 Å². The monoisotopic (exact) mass is 188 g/mol. The molecule has 66 valence electrons. The quantitative estimate of drug-likeness (QED) is 0.642. The van der Waals surface area contributed by atoms with Crippen molar-refractivity contribution in [3.05, 3.63) is 29.3 Å². The van der Waals surface area contributed by atoms with Crippen molar-refractivity contribution in [2.45, 2.75) is 18.2 Å². The second-order valence-electron chi connectivity index (χ2n) is 2.40. The predicted octanol–water partition coefficient (Wildman–Crippen LogP) is 3.25. The summed E-state index contributed by atoms with van der Waals surface area (Å²) in [6.45, 7) is 1.74. The Morgan fingerprint density at radius 1 is 1.33 bits per heavy atom. The normalized spacial score (nSPS) is 10.3. The lowest BCUT2D eigenvalue weighted by Gasteiger charge is -2.04. The third-order valence-electron chi connectivity index (χ3n) is 1.72. The van der Waals surface area contributed by atoms with Crippen LogP contribution in [0.1, 0.15) is 12.5 Å². The molecule has 0 aliphatic heterocycles. The zero-order valence-corrected chi connectivity index (χ0v) is 7.84. The number of rotatable bonds is 2. The van der Waals surface area contributed by atoms with Crippen LogP contribution in [-0.4, -0.2) is 6.26 Å². The minimum Gasteiger partial charge on any atom is -0.207 e. The van der Waals surface area contributed by atoms with Crippen molar-refractivity contribution in [1.82, 2.24) is 0 Å². The number of hydrogen-bond donors (Lipinski definition) is 0. The SMILES string of the molecule is CCc1c(F)ccc(SC)c1F. The largest absolute Gasteiger partial charge is 0.207 e. The minimum absolute atomic E-state index is 0.182. The molecule has 0 heterocycles. The highest BCUT2D eigenvalue weighted by atomic mass is 32.2. The van der Waals surface area contributed by atoms with Gasteiger partial charge in [-0.05, 0) is 24.8 Å². The molecule has 0 atom stereocenters. The Hall–Kier alpha value is -0.570. The van der Waals surface area contributed by atoms with Crippen molar-refractivity contribution in [3.8, 4) is 0 Å². The summed E-state index contributed by atoms with van der Waals surface area (Å²) in [5, 5.41) is 0. The Kier molecular flexibility index (Phi) is 3.09. The van der Waals surface area contributed by atoms with E-state index < -0.39 is 11.6 Å². The molecular formula is C9H10F2S. The average molecular weight is 188 g/mol. The lowest BCUT2D eigenvalue weighted by Crippen LogP contribution is -1.94. The van der Waals surface area contributed by atoms with Crippen molar-refractivity contribution < 1.29 is 8.78 Å². The Bertz CT molecular complexity index is 284. The van der Waals surface area contributed by atoms with E-state index in [2.05, 4.69) is 0 Å². The minimum atomic E-state index is -0.451. The fraction of sp³-hybridized carbons (Fsp3) is 0.333. The molecule has 0 bridgehead atoms. The van der Waals surface area contributed by atoms with Crippen molar-refractivity contribution in [1.29, 1.82) is 0 Å². The van der Waals surface area contributed by atoms with Gasteiger partial charge < -0.3 is 0 Å². The molecule has 0 saturated carbocycles. The standard InChI is InChI=1S/C9H10F2S/c1-3-6-7(10)4-5-8(12-2)9(6)11/h4-5H,3H2,1-2H3. The number of benzene rings is 1. The summed E-state index contributed by atoms with van der Waals surface area (Å²) in [5.41, 5.74) is 0.182. The van der Waals surface area contributed by atoms with E-state index in [0.29, 0.717) is 11.3 Å². The molecule has 0 amide bonds. The lowest BCUT2D eigenvalue weighted by atomic mass is 10.1. The Labute approximate surface area is 75.0 Å². The lowest BCUT2D eigenvalue weighted by molar-refractivity contribution is 0.542. The van der Waals surface area contributed by atoms with Gasteiger partial charge in [0.15, 0.2) is 0 Å². The van der Waals surface area contributed by atoms with Gasteiger partial charge in [-0.1, -0.05) is 6.92 Å². The highest BCUT2D eigenvalue weighted by Crippen LogP contribution is 2.24. The first-order valence-corrected chi connectivity index (χ1v) is 4.94. The van der Waals surface area contributed by atoms with Gasteiger partial charge in [-0.15, -0.1) is 11.8 Å². The molecule has 12 heavy (non-hydrogen) atoms. The third kappa shape index (κ3) is 1.61. The van der Waals surface area contributed by atoms with Gasteiger partial charge in [-0.3, -0.25) is 0 Å². The van der Waals surface area contributed by atoms with Crippen LogP contribution in [0.4, 0.5) is 8.78 Å². The average Bonchev–Trinajstić information content (AvgIpc) is 2.06. The fourth-order valence-corrected chi connectivity index (χ4v) is 1.56. The highest BCUT2D eigenvalue weighted by Gasteiger charge is 2.10. The van der Waals surface area contributed by atoms with Crippen molar-refractivity contribution >= 4 is 11.8 Å². The van der Waals surface area contributed by atoms with E-state index in [1.54, 1.807) is 13.2 Å². The summed E-state index contributed by atoms with van der Waals surface area (Å²) in [6, 6.07) is 2.78. The molecule has 1 aromatic rings. The molecule has 0 fully saturated rings. The van der Waals surface area contributed by atoms with Gasteiger partial charge >= 0.3 is 0 Å². The third-order valence-corrected chi connectivity index (χ3v) is 2.48. The number of thioether (sulfide) groups is 1. The van der Waals surface area contributed by atoms with E-state index in [0.717, 1.165) is 0 Å². The summed E-state index contributed by atoms with van der Waals surface area (Å²) in [4.78, 5) is 0.508. The maximum Gasteiger partial charge on any atom is 0.142 e. The Morgan fingerprint density at radius 3 is 2.50 bits per heavy atom. The topological polar surface area (TPSA) is 0 Å². The fourth-order valence-electron chi connectivity index (χ4n) is 1.06. The van der Waals surface area contributed by atoms with Gasteiger partial charge in [0.25, 0.3) is 0 Å². The maximum atomic E-state index is 13.3. The van der Waals surface area contributed by atoms with Crippen LogP contribution in [-0.2, 0) is 6.42 Å². The molecule has 0 unspecified atom stereocenters. The van der Waals surface area contributed by atoms with Crippen LogP contribution in [0.25, 0.3) is 0 Å². The van der Waals surface area contributed by atoms with Crippen LogP contribution < -0.4 is 0 Å². The smallest absolute Gasteiger partial charge is 0.142 e. The summed E-state index contributed by atoms with van der Waals surface area (Å²) < 4.78 is 26.2. The molecular weight excluding hydrogens is 178 g/mol. The summed E-state index contributed by atoms with van der Waals surface area (Å²) >= 11 is 1.29. The van der Waals surface area contributed by atoms with Crippen LogP contribution >= 0.6 is 11.8 Å². The molecule has 0 radical (unpaired) electrons. The van der Waals surface area contributed by atoms with Crippen molar-refractivity contribution in [2.75, 3.05) is 6.26 Å². The van der Waals surface area contributed by atoms with E-state index >= 15 is 0 Å². The number of halogens is 2. The van der Waals surface area contributed by atoms with Crippen LogP contribution in [0.5, 0.6) is 0 Å². The van der Waals surface area contributed by atoms with Crippen molar-refractivity contribution in [3.63, 3.8) is 0 Å². The van der Waals surface area contributed by atoms with E-state index in [4.69, 9.17) is 0 Å². The molecule has 0 aliphatic carbocycles. The second kappa shape index (κ2) is 3.90. The van der Waals surface area contributed by atoms with Gasteiger partial charge in [-0.25, -0.2) is 8.78 Å². The molecule has 0 N–H and O–H groups in total. The van der Waals surface area contributed by atoms with Gasteiger partial charge in [0.2, 0.25) is 0 Å². The molecule has 0 aromatic heterocycles. The molecule has 0 saturated heterocycles. The first-order chi connectivity index (χ1) is 5.70. The molecule has 0 nitrogen and oxygen atoms in total. The summed E-state index contributed by atoms with van der Waals surface area (Å²) in [5.74, 6) is -0.863. The van der Waals surface area contributed by atoms with Crippen LogP contribution in [0.3, 0.4) is 0 Å². The van der Waals surface area contributed by atoms with Gasteiger partial charge in [0, 0.05) is 10.5 Å². The zero-order valence-electron chi connectivity index (χ0n) is 7.03. The van der Waals surface area contributed by atoms with Gasteiger partial charge in [0.05, 0.1) is 0 Å². The summed E-state index contributed by atoms with van der Waals surface area (Å²) in [6.07, 6.45) is 2.17. The van der Waals surface area contributed by atoms with Gasteiger partial charge in [0.1, 0.15) is 11.6 Å². The van der Waals surface area contributed by atoms with E-state index in [9.17, 15) is 8.78 Å². The number of hydrogen-bond acceptors (Lipinski definition) is 1. The van der Waals surface area contributed by atoms with Crippen molar-refractivity contribution in [2.24, 2.45) is 0 Å². The molecule has 0 aliphatic rings. The first kappa shape index (κ1) is 9.52. The van der Waals surface area contributed by atoms with Crippen LogP contribution in [0.15, 0.2) is 17.0 Å². The maximum absolute atomic E-state index is 13.3. The molecule has 1 aromatic carbocycles. The first-order valence-electron chi connectivity index (χ1n) is 3.71. The highest BCUT2D eigenvalue weighted by molar-refractivity contribution is 7.98.